The zero-order valence-corrected chi connectivity index (χ0v) is 8.18. The molecule has 0 radical (unpaired) electrons. The van der Waals surface area contributed by atoms with Gasteiger partial charge in [0.15, 0.2) is 0 Å². The van der Waals surface area contributed by atoms with Crippen molar-refractivity contribution >= 4 is 5.97 Å². The number of carboxylic acid groups (broad SMARTS) is 1. The summed E-state index contributed by atoms with van der Waals surface area (Å²) in [5.74, 6) is 0.469. The number of nitrogens with zero attached hydrogens (tertiary/aromatic N) is 2. The van der Waals surface area contributed by atoms with Gasteiger partial charge >= 0.3 is 5.97 Å². The third-order valence-corrected chi connectivity index (χ3v) is 3.10. The Labute approximate surface area is 82.6 Å². The van der Waals surface area contributed by atoms with Crippen LogP contribution in [0.3, 0.4) is 0 Å². The summed E-state index contributed by atoms with van der Waals surface area (Å²) in [6.45, 7) is 0. The molecule has 1 heterocycles. The average molecular weight is 194 g/mol. The number of carboxylic acids is 1. The van der Waals surface area contributed by atoms with Crippen LogP contribution in [0.2, 0.25) is 0 Å². The van der Waals surface area contributed by atoms with Gasteiger partial charge in [0, 0.05) is 25.9 Å². The van der Waals surface area contributed by atoms with Gasteiger partial charge in [-0.3, -0.25) is 4.79 Å². The predicted octanol–water partition coefficient (Wildman–Crippen LogP) is 1.07. The summed E-state index contributed by atoms with van der Waals surface area (Å²) in [6.07, 6.45) is 6.28. The number of hydrogen-bond donors (Lipinski definition) is 1. The average Bonchev–Trinajstić information content (AvgIpc) is 2.44. The van der Waals surface area contributed by atoms with E-state index in [1.807, 2.05) is 17.8 Å². The molecule has 1 aromatic rings. The van der Waals surface area contributed by atoms with Crippen molar-refractivity contribution in [3.05, 3.63) is 18.2 Å². The van der Waals surface area contributed by atoms with E-state index in [1.54, 1.807) is 6.20 Å². The molecule has 0 saturated heterocycles. The summed E-state index contributed by atoms with van der Waals surface area (Å²) in [6, 6.07) is 0. The molecule has 1 saturated carbocycles. The van der Waals surface area contributed by atoms with Crippen molar-refractivity contribution in [3.63, 3.8) is 0 Å². The molecule has 1 aliphatic rings. The van der Waals surface area contributed by atoms with Crippen LogP contribution < -0.4 is 0 Å². The Morgan fingerprint density at radius 2 is 2.50 bits per heavy atom. The van der Waals surface area contributed by atoms with Crippen LogP contribution in [0.15, 0.2) is 12.4 Å². The van der Waals surface area contributed by atoms with E-state index in [0.717, 1.165) is 25.1 Å². The molecule has 1 aliphatic carbocycles. The van der Waals surface area contributed by atoms with Gasteiger partial charge in [-0.05, 0) is 18.8 Å². The van der Waals surface area contributed by atoms with Crippen LogP contribution in [0.5, 0.6) is 0 Å². The largest absolute Gasteiger partial charge is 0.481 e. The van der Waals surface area contributed by atoms with E-state index in [-0.39, 0.29) is 11.8 Å². The molecule has 4 nitrogen and oxygen atoms in total. The molecule has 0 bridgehead atoms. The van der Waals surface area contributed by atoms with E-state index < -0.39 is 5.97 Å². The van der Waals surface area contributed by atoms with E-state index >= 15 is 0 Å². The fourth-order valence-electron chi connectivity index (χ4n) is 1.97. The van der Waals surface area contributed by atoms with E-state index in [1.165, 1.54) is 0 Å². The predicted molar refractivity (Wildman–Crippen MR) is 50.8 cm³/mol. The van der Waals surface area contributed by atoms with Gasteiger partial charge < -0.3 is 9.67 Å². The Balaban J connectivity index is 1.99. The number of carbonyl (C=O) groups is 1. The summed E-state index contributed by atoms with van der Waals surface area (Å²) in [5, 5.41) is 8.87. The van der Waals surface area contributed by atoms with E-state index in [0.29, 0.717) is 0 Å². The maximum atomic E-state index is 10.8. The zero-order chi connectivity index (χ0) is 10.1. The highest BCUT2D eigenvalue weighted by Gasteiger charge is 2.36. The van der Waals surface area contributed by atoms with Crippen molar-refractivity contribution in [1.82, 2.24) is 9.55 Å². The monoisotopic (exact) mass is 194 g/mol. The first-order chi connectivity index (χ1) is 6.68. The zero-order valence-electron chi connectivity index (χ0n) is 8.18. The van der Waals surface area contributed by atoms with Crippen molar-refractivity contribution < 1.29 is 9.90 Å². The minimum atomic E-state index is -0.657. The van der Waals surface area contributed by atoms with Gasteiger partial charge in [0.25, 0.3) is 0 Å². The maximum Gasteiger partial charge on any atom is 0.306 e. The van der Waals surface area contributed by atoms with E-state index in [9.17, 15) is 4.79 Å². The Morgan fingerprint density at radius 1 is 1.71 bits per heavy atom. The minimum absolute atomic E-state index is 0.147. The molecule has 14 heavy (non-hydrogen) atoms. The summed E-state index contributed by atoms with van der Waals surface area (Å²) in [4.78, 5) is 15.0. The fourth-order valence-corrected chi connectivity index (χ4v) is 1.97. The first-order valence-corrected chi connectivity index (χ1v) is 4.87. The molecule has 4 heteroatoms. The Bertz CT molecular complexity index is 346. The number of imidazole rings is 1. The third-order valence-electron chi connectivity index (χ3n) is 3.10. The van der Waals surface area contributed by atoms with Gasteiger partial charge in [0.2, 0.25) is 0 Å². The highest BCUT2D eigenvalue weighted by Crippen LogP contribution is 2.36. The van der Waals surface area contributed by atoms with Gasteiger partial charge in [-0.15, -0.1) is 0 Å². The van der Waals surface area contributed by atoms with Crippen molar-refractivity contribution in [1.29, 1.82) is 0 Å². The summed E-state index contributed by atoms with van der Waals surface area (Å²) >= 11 is 0. The Kier molecular flexibility index (Phi) is 2.27. The Morgan fingerprint density at radius 3 is 2.93 bits per heavy atom. The molecule has 1 fully saturated rings. The van der Waals surface area contributed by atoms with Crippen LogP contribution in [0.1, 0.15) is 18.7 Å². The van der Waals surface area contributed by atoms with Crippen LogP contribution in [-0.4, -0.2) is 20.6 Å². The number of rotatable bonds is 3. The number of aromatic nitrogens is 2. The fraction of sp³-hybridized carbons (Fsp3) is 0.600. The number of hydrogen-bond acceptors (Lipinski definition) is 2. The van der Waals surface area contributed by atoms with Crippen LogP contribution >= 0.6 is 0 Å². The van der Waals surface area contributed by atoms with Crippen LogP contribution in [0.4, 0.5) is 0 Å². The van der Waals surface area contributed by atoms with Crippen molar-refractivity contribution in [2.75, 3.05) is 0 Å². The lowest BCUT2D eigenvalue weighted by molar-refractivity contribution is -0.147. The highest BCUT2D eigenvalue weighted by atomic mass is 16.4. The molecule has 2 rings (SSSR count). The molecular formula is C10H14N2O2. The van der Waals surface area contributed by atoms with Gasteiger partial charge in [0.05, 0.1) is 5.92 Å². The summed E-state index contributed by atoms with van der Waals surface area (Å²) in [7, 11) is 1.94. The molecule has 1 aromatic heterocycles. The lowest BCUT2D eigenvalue weighted by Gasteiger charge is -2.32. The summed E-state index contributed by atoms with van der Waals surface area (Å²) < 4.78 is 1.96. The van der Waals surface area contributed by atoms with Crippen molar-refractivity contribution in [3.8, 4) is 0 Å². The van der Waals surface area contributed by atoms with E-state index in [4.69, 9.17) is 5.11 Å². The minimum Gasteiger partial charge on any atom is -0.481 e. The normalized spacial score (nSPS) is 25.8. The standard InChI is InChI=1S/C10H14N2O2/c1-12-5-4-11-9(12)6-7-2-3-8(7)10(13)14/h4-5,7-8H,2-3,6H2,1H3,(H,13,14). The molecule has 1 N–H and O–H groups in total. The van der Waals surface area contributed by atoms with Crippen molar-refractivity contribution in [2.45, 2.75) is 19.3 Å². The smallest absolute Gasteiger partial charge is 0.306 e. The van der Waals surface area contributed by atoms with Crippen LogP contribution in [0.25, 0.3) is 0 Å². The first kappa shape index (κ1) is 9.24. The molecular weight excluding hydrogens is 180 g/mol. The molecule has 0 aromatic carbocycles. The lowest BCUT2D eigenvalue weighted by atomic mass is 9.72. The highest BCUT2D eigenvalue weighted by molar-refractivity contribution is 5.71. The third kappa shape index (κ3) is 1.52. The number of aliphatic carboxylic acids is 1. The molecule has 2 atom stereocenters. The summed E-state index contributed by atoms with van der Waals surface area (Å²) in [5.41, 5.74) is 0. The van der Waals surface area contributed by atoms with E-state index in [2.05, 4.69) is 4.98 Å². The first-order valence-electron chi connectivity index (χ1n) is 4.87. The molecule has 2 unspecified atom stereocenters. The van der Waals surface area contributed by atoms with Gasteiger partial charge in [-0.2, -0.15) is 0 Å². The molecule has 0 amide bonds. The second-order valence-corrected chi connectivity index (χ2v) is 3.94. The second-order valence-electron chi connectivity index (χ2n) is 3.94. The number of aryl methyl sites for hydroxylation is 1. The topological polar surface area (TPSA) is 55.1 Å². The SMILES string of the molecule is Cn1ccnc1CC1CCC1C(=O)O. The van der Waals surface area contributed by atoms with Gasteiger partial charge in [-0.25, -0.2) is 4.98 Å². The second kappa shape index (κ2) is 3.44. The van der Waals surface area contributed by atoms with Gasteiger partial charge in [0.1, 0.15) is 5.82 Å². The molecule has 0 spiro atoms. The maximum absolute atomic E-state index is 10.8. The van der Waals surface area contributed by atoms with Crippen LogP contribution in [-0.2, 0) is 18.3 Å². The lowest BCUT2D eigenvalue weighted by Crippen LogP contribution is -2.34. The Hall–Kier alpha value is -1.32. The molecule has 0 aliphatic heterocycles. The molecule has 76 valence electrons. The van der Waals surface area contributed by atoms with Gasteiger partial charge in [-0.1, -0.05) is 0 Å². The quantitative estimate of drug-likeness (QED) is 0.783. The van der Waals surface area contributed by atoms with Crippen molar-refractivity contribution in [2.24, 2.45) is 18.9 Å². The van der Waals surface area contributed by atoms with Crippen LogP contribution in [0, 0.1) is 11.8 Å².